The van der Waals surface area contributed by atoms with Crippen molar-refractivity contribution in [2.24, 2.45) is 0 Å². The zero-order chi connectivity index (χ0) is 22.0. The quantitative estimate of drug-likeness (QED) is 0.593. The molecule has 1 aliphatic rings. The summed E-state index contributed by atoms with van der Waals surface area (Å²) >= 11 is 1.20. The van der Waals surface area contributed by atoms with Crippen molar-refractivity contribution in [3.8, 4) is 0 Å². The van der Waals surface area contributed by atoms with Gasteiger partial charge >= 0.3 is 5.97 Å². The predicted molar refractivity (Wildman–Crippen MR) is 118 cm³/mol. The topological polar surface area (TPSA) is 92.8 Å². The zero-order valence-corrected chi connectivity index (χ0v) is 18.3. The van der Waals surface area contributed by atoms with E-state index in [1.807, 2.05) is 24.3 Å². The van der Waals surface area contributed by atoms with Crippen molar-refractivity contribution in [2.45, 2.75) is 17.9 Å². The van der Waals surface area contributed by atoms with Gasteiger partial charge in [-0.2, -0.15) is 4.31 Å². The second-order valence-corrected chi connectivity index (χ2v) is 9.84. The van der Waals surface area contributed by atoms with Crippen LogP contribution >= 0.6 is 11.3 Å². The van der Waals surface area contributed by atoms with Crippen molar-refractivity contribution >= 4 is 38.2 Å². The average molecular weight is 457 g/mol. The molecule has 0 radical (unpaired) electrons. The Bertz CT molecular complexity index is 1230. The smallest absolute Gasteiger partial charge is 0.340 e. The number of fused-ring (bicyclic) bond motifs is 1. The number of nitrogens with zero attached hydrogens (tertiary/aromatic N) is 1. The summed E-state index contributed by atoms with van der Waals surface area (Å²) in [6.07, 6.45) is 0.666. The second kappa shape index (κ2) is 8.62. The number of hydrogen-bond donors (Lipinski definition) is 1. The molecule has 0 saturated heterocycles. The number of hydrogen-bond acceptors (Lipinski definition) is 6. The van der Waals surface area contributed by atoms with Crippen molar-refractivity contribution in [3.63, 3.8) is 0 Å². The Hall–Kier alpha value is -3.01. The number of carbonyl (C=O) groups excluding carboxylic acids is 2. The van der Waals surface area contributed by atoms with E-state index in [1.165, 1.54) is 52.6 Å². The lowest BCUT2D eigenvalue weighted by molar-refractivity contribution is 0.0602. The number of nitrogens with one attached hydrogen (secondary N) is 1. The first-order valence-corrected chi connectivity index (χ1v) is 11.9. The highest BCUT2D eigenvalue weighted by molar-refractivity contribution is 7.89. The van der Waals surface area contributed by atoms with E-state index in [9.17, 15) is 18.0 Å². The Labute approximate surface area is 184 Å². The number of rotatable bonds is 5. The van der Waals surface area contributed by atoms with Gasteiger partial charge in [0.25, 0.3) is 5.91 Å². The fraction of sp³-hybridized carbons (Fsp3) is 0.182. The maximum atomic E-state index is 13.1. The van der Waals surface area contributed by atoms with Gasteiger partial charge in [-0.3, -0.25) is 4.79 Å². The molecule has 0 aliphatic carbocycles. The van der Waals surface area contributed by atoms with E-state index in [2.05, 4.69) is 5.32 Å². The third-order valence-electron chi connectivity index (χ3n) is 5.15. The number of carbonyl (C=O) groups is 2. The monoisotopic (exact) mass is 456 g/mol. The highest BCUT2D eigenvalue weighted by Gasteiger charge is 2.28. The molecule has 3 aromatic rings. The summed E-state index contributed by atoms with van der Waals surface area (Å²) in [5, 5.41) is 4.72. The first-order chi connectivity index (χ1) is 14.9. The number of ether oxygens (including phenoxy) is 1. The van der Waals surface area contributed by atoms with Crippen molar-refractivity contribution in [3.05, 3.63) is 82.2 Å². The molecule has 0 unspecified atom stereocenters. The molecule has 1 aliphatic heterocycles. The molecule has 0 atom stereocenters. The number of methoxy groups -OCH3 is 1. The SMILES string of the molecule is COC(=O)c1ccsc1NC(=O)c1ccc(S(=O)(=O)N2CCc3ccccc3C2)cc1. The summed E-state index contributed by atoms with van der Waals surface area (Å²) in [4.78, 5) is 24.5. The molecule has 0 saturated carbocycles. The highest BCUT2D eigenvalue weighted by atomic mass is 32.2. The number of benzene rings is 2. The number of amides is 1. The van der Waals surface area contributed by atoms with E-state index in [0.717, 1.165) is 5.56 Å². The molecule has 9 heteroatoms. The summed E-state index contributed by atoms with van der Waals surface area (Å²) < 4.78 is 32.3. The Morgan fingerprint density at radius 3 is 2.45 bits per heavy atom. The van der Waals surface area contributed by atoms with Crippen LogP contribution in [0.1, 0.15) is 31.8 Å². The Morgan fingerprint density at radius 2 is 1.74 bits per heavy atom. The fourth-order valence-electron chi connectivity index (χ4n) is 3.45. The molecule has 31 heavy (non-hydrogen) atoms. The van der Waals surface area contributed by atoms with Crippen LogP contribution < -0.4 is 5.32 Å². The average Bonchev–Trinajstić information content (AvgIpc) is 3.26. The van der Waals surface area contributed by atoms with Crippen molar-refractivity contribution in [1.29, 1.82) is 0 Å². The zero-order valence-electron chi connectivity index (χ0n) is 16.7. The number of anilines is 1. The van der Waals surface area contributed by atoms with Gasteiger partial charge in [0.05, 0.1) is 17.6 Å². The van der Waals surface area contributed by atoms with Gasteiger partial charge in [-0.25, -0.2) is 13.2 Å². The Balaban J connectivity index is 1.50. The summed E-state index contributed by atoms with van der Waals surface area (Å²) in [6.45, 7) is 0.742. The van der Waals surface area contributed by atoms with E-state index in [-0.39, 0.29) is 16.0 Å². The third-order valence-corrected chi connectivity index (χ3v) is 7.84. The van der Waals surface area contributed by atoms with E-state index in [0.29, 0.717) is 24.5 Å². The summed E-state index contributed by atoms with van der Waals surface area (Å²) in [7, 11) is -2.41. The molecular formula is C22H20N2O5S2. The minimum absolute atomic E-state index is 0.134. The van der Waals surface area contributed by atoms with E-state index in [4.69, 9.17) is 4.74 Å². The molecule has 0 bridgehead atoms. The first-order valence-electron chi connectivity index (χ1n) is 9.54. The molecule has 0 spiro atoms. The lowest BCUT2D eigenvalue weighted by atomic mass is 10.0. The molecule has 4 rings (SSSR count). The first kappa shape index (κ1) is 21.2. The van der Waals surface area contributed by atoms with Gasteiger partial charge in [0, 0.05) is 18.7 Å². The van der Waals surface area contributed by atoms with Crippen molar-refractivity contribution in [2.75, 3.05) is 19.0 Å². The summed E-state index contributed by atoms with van der Waals surface area (Å²) in [6, 6.07) is 15.2. The van der Waals surface area contributed by atoms with Crippen LogP contribution in [0.3, 0.4) is 0 Å². The van der Waals surface area contributed by atoms with Gasteiger partial charge < -0.3 is 10.1 Å². The van der Waals surface area contributed by atoms with Gasteiger partial charge in [0.2, 0.25) is 10.0 Å². The fourth-order valence-corrected chi connectivity index (χ4v) is 5.64. The lowest BCUT2D eigenvalue weighted by Gasteiger charge is -2.28. The van der Waals surface area contributed by atoms with Crippen molar-refractivity contribution < 1.29 is 22.7 Å². The van der Waals surface area contributed by atoms with Gasteiger partial charge in [0.1, 0.15) is 5.00 Å². The van der Waals surface area contributed by atoms with Crippen LogP contribution in [0.2, 0.25) is 0 Å². The number of esters is 1. The lowest BCUT2D eigenvalue weighted by Crippen LogP contribution is -2.35. The predicted octanol–water partition coefficient (Wildman–Crippen LogP) is 3.53. The van der Waals surface area contributed by atoms with E-state index < -0.39 is 21.9 Å². The largest absolute Gasteiger partial charge is 0.465 e. The standard InChI is InChI=1S/C22H20N2O5S2/c1-29-22(26)19-11-13-30-21(19)23-20(25)16-6-8-18(9-7-16)31(27,28)24-12-10-15-4-2-3-5-17(15)14-24/h2-9,11,13H,10,12,14H2,1H3,(H,23,25). The van der Waals surface area contributed by atoms with Crippen LogP contribution in [0.4, 0.5) is 5.00 Å². The van der Waals surface area contributed by atoms with E-state index >= 15 is 0 Å². The summed E-state index contributed by atoms with van der Waals surface area (Å²) in [5.74, 6) is -0.982. The molecule has 1 N–H and O–H groups in total. The van der Waals surface area contributed by atoms with Crippen LogP contribution in [0.5, 0.6) is 0 Å². The van der Waals surface area contributed by atoms with Crippen LogP contribution in [-0.4, -0.2) is 38.3 Å². The molecule has 1 amide bonds. The second-order valence-electron chi connectivity index (χ2n) is 6.99. The number of thiophene rings is 1. The van der Waals surface area contributed by atoms with E-state index in [1.54, 1.807) is 11.4 Å². The molecule has 160 valence electrons. The minimum Gasteiger partial charge on any atom is -0.465 e. The Kier molecular flexibility index (Phi) is 5.90. The third kappa shape index (κ3) is 4.25. The molecular weight excluding hydrogens is 436 g/mol. The minimum atomic E-state index is -3.68. The van der Waals surface area contributed by atoms with Gasteiger partial charge in [-0.15, -0.1) is 11.3 Å². The molecule has 7 nitrogen and oxygen atoms in total. The van der Waals surface area contributed by atoms with Crippen LogP contribution in [0.15, 0.2) is 64.9 Å². The van der Waals surface area contributed by atoms with Gasteiger partial charge in [0.15, 0.2) is 0 Å². The maximum absolute atomic E-state index is 13.1. The van der Waals surface area contributed by atoms with Crippen LogP contribution in [-0.2, 0) is 27.7 Å². The maximum Gasteiger partial charge on any atom is 0.340 e. The van der Waals surface area contributed by atoms with Gasteiger partial charge in [-0.05, 0) is 53.3 Å². The molecule has 2 heterocycles. The molecule has 0 fully saturated rings. The molecule has 1 aromatic heterocycles. The Morgan fingerprint density at radius 1 is 1.03 bits per heavy atom. The van der Waals surface area contributed by atoms with Crippen LogP contribution in [0, 0.1) is 0 Å². The summed E-state index contributed by atoms with van der Waals surface area (Å²) in [5.41, 5.74) is 2.73. The normalized spacial score (nSPS) is 14.0. The highest BCUT2D eigenvalue weighted by Crippen LogP contribution is 2.27. The molecule has 2 aromatic carbocycles. The van der Waals surface area contributed by atoms with Gasteiger partial charge in [-0.1, -0.05) is 24.3 Å². The number of sulfonamides is 1. The van der Waals surface area contributed by atoms with Crippen LogP contribution in [0.25, 0.3) is 0 Å². The van der Waals surface area contributed by atoms with Crippen molar-refractivity contribution in [1.82, 2.24) is 4.31 Å².